The maximum absolute atomic E-state index is 13.1. The molecule has 8 nitrogen and oxygen atoms in total. The Labute approximate surface area is 204 Å². The van der Waals surface area contributed by atoms with Gasteiger partial charge in [0.15, 0.2) is 5.54 Å². The van der Waals surface area contributed by atoms with E-state index in [2.05, 4.69) is 34.9 Å². The first-order valence-corrected chi connectivity index (χ1v) is 12.2. The van der Waals surface area contributed by atoms with Crippen LogP contribution in [0.4, 0.5) is 4.79 Å². The number of rotatable bonds is 6. The number of aliphatic carboxylic acids is 1. The summed E-state index contributed by atoms with van der Waals surface area (Å²) in [6, 6.07) is 15.9. The van der Waals surface area contributed by atoms with Gasteiger partial charge in [-0.05, 0) is 35.1 Å². The second-order valence-electron chi connectivity index (χ2n) is 9.65. The lowest BCUT2D eigenvalue weighted by molar-refractivity contribution is -0.148. The summed E-state index contributed by atoms with van der Waals surface area (Å²) >= 11 is 0. The Morgan fingerprint density at radius 3 is 2.29 bits per heavy atom. The predicted molar refractivity (Wildman–Crippen MR) is 128 cm³/mol. The summed E-state index contributed by atoms with van der Waals surface area (Å²) in [7, 11) is 0. The Morgan fingerprint density at radius 1 is 1.00 bits per heavy atom. The van der Waals surface area contributed by atoms with Crippen molar-refractivity contribution in [1.82, 2.24) is 10.6 Å². The highest BCUT2D eigenvalue weighted by Gasteiger charge is 2.46. The summed E-state index contributed by atoms with van der Waals surface area (Å²) in [5.74, 6) is -2.01. The average Bonchev–Trinajstić information content (AvgIpc) is 3.47. The van der Waals surface area contributed by atoms with E-state index in [1.54, 1.807) is 0 Å². The lowest BCUT2D eigenvalue weighted by atomic mass is 9.83. The molecule has 2 amide bonds. The van der Waals surface area contributed by atoms with E-state index in [4.69, 9.17) is 9.47 Å². The molecule has 1 heterocycles. The van der Waals surface area contributed by atoms with Crippen molar-refractivity contribution in [3.63, 3.8) is 0 Å². The number of ether oxygens (including phenoxy) is 2. The molecule has 1 aliphatic heterocycles. The number of carboxylic acids is 1. The minimum Gasteiger partial charge on any atom is -0.479 e. The van der Waals surface area contributed by atoms with Crippen molar-refractivity contribution in [2.75, 3.05) is 19.8 Å². The van der Waals surface area contributed by atoms with Crippen LogP contribution >= 0.6 is 0 Å². The molecule has 2 aliphatic carbocycles. The monoisotopic (exact) mass is 478 g/mol. The van der Waals surface area contributed by atoms with Gasteiger partial charge in [-0.1, -0.05) is 61.4 Å². The highest BCUT2D eigenvalue weighted by atomic mass is 16.5. The Balaban J connectivity index is 1.23. The second-order valence-corrected chi connectivity index (χ2v) is 9.65. The maximum Gasteiger partial charge on any atom is 0.407 e. The maximum atomic E-state index is 13.1. The normalized spacial score (nSPS) is 25.4. The second kappa shape index (κ2) is 9.70. The van der Waals surface area contributed by atoms with E-state index in [-0.39, 0.29) is 31.5 Å². The predicted octanol–water partition coefficient (Wildman–Crippen LogP) is 3.44. The van der Waals surface area contributed by atoms with Crippen molar-refractivity contribution in [3.8, 4) is 11.1 Å². The Bertz CT molecular complexity index is 1080. The Hall–Kier alpha value is -3.39. The number of hydrogen-bond donors (Lipinski definition) is 3. The van der Waals surface area contributed by atoms with Crippen molar-refractivity contribution in [2.45, 2.75) is 49.6 Å². The summed E-state index contributed by atoms with van der Waals surface area (Å²) in [5, 5.41) is 15.2. The highest BCUT2D eigenvalue weighted by molar-refractivity contribution is 5.89. The zero-order valence-electron chi connectivity index (χ0n) is 19.5. The molecule has 1 saturated heterocycles. The van der Waals surface area contributed by atoms with Crippen LogP contribution in [0.25, 0.3) is 11.1 Å². The van der Waals surface area contributed by atoms with Crippen molar-refractivity contribution in [1.29, 1.82) is 0 Å². The minimum absolute atomic E-state index is 0.0450. The molecule has 3 aliphatic rings. The number of benzene rings is 2. The van der Waals surface area contributed by atoms with Gasteiger partial charge in [0.25, 0.3) is 0 Å². The fourth-order valence-electron chi connectivity index (χ4n) is 5.62. The third kappa shape index (κ3) is 4.50. The van der Waals surface area contributed by atoms with E-state index >= 15 is 0 Å². The number of nitrogens with one attached hydrogen (secondary N) is 2. The van der Waals surface area contributed by atoms with Crippen LogP contribution < -0.4 is 10.6 Å². The van der Waals surface area contributed by atoms with Crippen molar-refractivity contribution >= 4 is 18.0 Å². The van der Waals surface area contributed by atoms with Gasteiger partial charge in [-0.2, -0.15) is 0 Å². The van der Waals surface area contributed by atoms with Crippen LogP contribution in [0.2, 0.25) is 0 Å². The first-order valence-electron chi connectivity index (χ1n) is 12.2. The summed E-state index contributed by atoms with van der Waals surface area (Å²) in [6.45, 7) is 0.437. The van der Waals surface area contributed by atoms with Gasteiger partial charge in [0.2, 0.25) is 5.91 Å². The molecule has 35 heavy (non-hydrogen) atoms. The van der Waals surface area contributed by atoms with Crippen LogP contribution in [0.3, 0.4) is 0 Å². The van der Waals surface area contributed by atoms with E-state index < -0.39 is 29.6 Å². The van der Waals surface area contributed by atoms with E-state index in [9.17, 15) is 19.5 Å². The molecule has 3 unspecified atom stereocenters. The SMILES string of the molecule is O=C(NC1CCCCC1C(=O)NC1(C(=O)O)CCOC1)OCC1c2ccccc2-c2ccccc21. The van der Waals surface area contributed by atoms with Gasteiger partial charge in [0.05, 0.1) is 12.5 Å². The molecule has 0 spiro atoms. The number of amides is 2. The van der Waals surface area contributed by atoms with Crippen LogP contribution in [0.1, 0.15) is 49.1 Å². The van der Waals surface area contributed by atoms with Crippen LogP contribution in [-0.4, -0.2) is 54.5 Å². The Morgan fingerprint density at radius 2 is 1.66 bits per heavy atom. The lowest BCUT2D eigenvalue weighted by Crippen LogP contribution is -2.59. The molecule has 0 aromatic heterocycles. The van der Waals surface area contributed by atoms with Gasteiger partial charge in [-0.3, -0.25) is 4.79 Å². The smallest absolute Gasteiger partial charge is 0.407 e. The zero-order valence-corrected chi connectivity index (χ0v) is 19.5. The van der Waals surface area contributed by atoms with E-state index in [0.29, 0.717) is 19.4 Å². The zero-order chi connectivity index (χ0) is 24.4. The summed E-state index contributed by atoms with van der Waals surface area (Å²) in [6.07, 6.45) is 2.61. The number of fused-ring (bicyclic) bond motifs is 3. The number of hydrogen-bond acceptors (Lipinski definition) is 5. The van der Waals surface area contributed by atoms with Gasteiger partial charge in [-0.15, -0.1) is 0 Å². The average molecular weight is 479 g/mol. The van der Waals surface area contributed by atoms with E-state index in [1.807, 2.05) is 24.3 Å². The molecule has 0 bridgehead atoms. The fraction of sp³-hybridized carbons (Fsp3) is 0.444. The number of carbonyl (C=O) groups is 3. The molecule has 5 rings (SSSR count). The van der Waals surface area contributed by atoms with Crippen LogP contribution in [0.15, 0.2) is 48.5 Å². The molecule has 3 atom stereocenters. The topological polar surface area (TPSA) is 114 Å². The molecule has 2 aromatic carbocycles. The van der Waals surface area contributed by atoms with Crippen molar-refractivity contribution < 1.29 is 29.0 Å². The van der Waals surface area contributed by atoms with Crippen LogP contribution in [0, 0.1) is 5.92 Å². The molecular weight excluding hydrogens is 448 g/mol. The standard InChI is InChI=1S/C27H30N2O6/c30-24(29-27(25(31)32)13-14-34-16-27)21-11-5-6-12-23(21)28-26(33)35-15-22-19-9-3-1-7-17(19)18-8-2-4-10-20(18)22/h1-4,7-10,21-23H,5-6,11-16H2,(H,28,33)(H,29,30)(H,31,32). The highest BCUT2D eigenvalue weighted by Crippen LogP contribution is 2.44. The molecule has 3 N–H and O–H groups in total. The molecular formula is C27H30N2O6. The summed E-state index contributed by atoms with van der Waals surface area (Å²) in [5.41, 5.74) is 3.18. The van der Waals surface area contributed by atoms with Crippen LogP contribution in [-0.2, 0) is 19.1 Å². The van der Waals surface area contributed by atoms with Gasteiger partial charge >= 0.3 is 12.1 Å². The van der Waals surface area contributed by atoms with Crippen LogP contribution in [0.5, 0.6) is 0 Å². The number of carboxylic acid groups (broad SMARTS) is 1. The summed E-state index contributed by atoms with van der Waals surface area (Å²) in [4.78, 5) is 37.7. The summed E-state index contributed by atoms with van der Waals surface area (Å²) < 4.78 is 10.9. The van der Waals surface area contributed by atoms with Gasteiger partial charge in [0, 0.05) is 25.0 Å². The van der Waals surface area contributed by atoms with Crippen molar-refractivity contribution in [2.24, 2.45) is 5.92 Å². The molecule has 8 heteroatoms. The van der Waals surface area contributed by atoms with Gasteiger partial charge < -0.3 is 25.2 Å². The quantitative estimate of drug-likeness (QED) is 0.586. The number of alkyl carbamates (subject to hydrolysis) is 1. The van der Waals surface area contributed by atoms with Crippen molar-refractivity contribution in [3.05, 3.63) is 59.7 Å². The fourth-order valence-corrected chi connectivity index (χ4v) is 5.62. The molecule has 2 fully saturated rings. The third-order valence-electron chi connectivity index (χ3n) is 7.54. The van der Waals surface area contributed by atoms with E-state index in [1.165, 1.54) is 0 Å². The van der Waals surface area contributed by atoms with E-state index in [0.717, 1.165) is 35.1 Å². The first-order chi connectivity index (χ1) is 17.0. The molecule has 2 aromatic rings. The molecule has 1 saturated carbocycles. The lowest BCUT2D eigenvalue weighted by Gasteiger charge is -2.33. The Kier molecular flexibility index (Phi) is 6.47. The van der Waals surface area contributed by atoms with Gasteiger partial charge in [0.1, 0.15) is 6.61 Å². The molecule has 0 radical (unpaired) electrons. The number of carbonyl (C=O) groups excluding carboxylic acids is 2. The van der Waals surface area contributed by atoms with Gasteiger partial charge in [-0.25, -0.2) is 9.59 Å². The molecule has 184 valence electrons. The minimum atomic E-state index is -1.40. The first kappa shape index (κ1) is 23.4. The third-order valence-corrected chi connectivity index (χ3v) is 7.54. The largest absolute Gasteiger partial charge is 0.479 e.